The second-order valence-corrected chi connectivity index (χ2v) is 9.05. The Balaban J connectivity index is 2.09. The first-order valence-corrected chi connectivity index (χ1v) is 11.0. The monoisotopic (exact) mass is 464 g/mol. The van der Waals surface area contributed by atoms with Crippen molar-refractivity contribution in [2.24, 2.45) is 5.92 Å². The van der Waals surface area contributed by atoms with Crippen LogP contribution >= 0.6 is 0 Å². The molecule has 0 radical (unpaired) electrons. The Morgan fingerprint density at radius 1 is 1.24 bits per heavy atom. The third kappa shape index (κ3) is 3.86. The summed E-state index contributed by atoms with van der Waals surface area (Å²) in [6.45, 7) is 14.7. The number of benzene rings is 2. The van der Waals surface area contributed by atoms with Crippen molar-refractivity contribution in [2.45, 2.75) is 46.3 Å². The number of ether oxygens (including phenoxy) is 2. The zero-order chi connectivity index (χ0) is 24.9. The number of aromatic hydroxyl groups is 1. The van der Waals surface area contributed by atoms with E-state index in [0.717, 1.165) is 5.57 Å². The van der Waals surface area contributed by atoms with Gasteiger partial charge in [-0.1, -0.05) is 30.4 Å². The van der Waals surface area contributed by atoms with Crippen LogP contribution in [0.5, 0.6) is 11.5 Å². The Kier molecular flexibility index (Phi) is 6.00. The third-order valence-electron chi connectivity index (χ3n) is 6.31. The fraction of sp³-hybridized carbons (Fsp3) is 0.333. The van der Waals surface area contributed by atoms with Crippen molar-refractivity contribution in [3.05, 3.63) is 69.4 Å². The summed E-state index contributed by atoms with van der Waals surface area (Å²) in [4.78, 5) is 25.9. The minimum absolute atomic E-state index is 0.0102. The highest BCUT2D eigenvalue weighted by Crippen LogP contribution is 2.46. The van der Waals surface area contributed by atoms with Crippen molar-refractivity contribution >= 4 is 27.9 Å². The number of rotatable bonds is 5. The second-order valence-electron chi connectivity index (χ2n) is 9.05. The number of fused-ring (bicyclic) bond motifs is 4. The fourth-order valence-electron chi connectivity index (χ4n) is 4.48. The van der Waals surface area contributed by atoms with Gasteiger partial charge in [0.25, 0.3) is 0 Å². The average Bonchev–Trinajstić information content (AvgIpc) is 2.75. The quantitative estimate of drug-likeness (QED) is 0.322. The van der Waals surface area contributed by atoms with E-state index in [1.807, 2.05) is 13.8 Å². The van der Waals surface area contributed by atoms with Crippen LogP contribution in [0, 0.1) is 12.8 Å². The van der Waals surface area contributed by atoms with Gasteiger partial charge < -0.3 is 24.1 Å². The predicted molar refractivity (Wildman–Crippen MR) is 129 cm³/mol. The van der Waals surface area contributed by atoms with Crippen LogP contribution in [0.1, 0.15) is 43.6 Å². The third-order valence-corrected chi connectivity index (χ3v) is 6.31. The number of carbonyl (C=O) groups is 1. The summed E-state index contributed by atoms with van der Waals surface area (Å²) in [6.07, 6.45) is -1.46. The van der Waals surface area contributed by atoms with E-state index in [1.54, 1.807) is 19.1 Å². The van der Waals surface area contributed by atoms with Crippen LogP contribution in [0.2, 0.25) is 0 Å². The van der Waals surface area contributed by atoms with Crippen LogP contribution < -0.4 is 10.2 Å². The van der Waals surface area contributed by atoms with Crippen LogP contribution in [-0.2, 0) is 16.0 Å². The second kappa shape index (κ2) is 8.65. The number of aliphatic hydroxyl groups excluding tert-OH is 1. The highest BCUT2D eigenvalue weighted by Gasteiger charge is 2.38. The van der Waals surface area contributed by atoms with E-state index in [-0.39, 0.29) is 46.6 Å². The number of phenolic OH excluding ortho intramolecular Hbond substituents is 1. The number of hydrogen-bond donors (Lipinski definition) is 2. The Bertz CT molecular complexity index is 1410. The van der Waals surface area contributed by atoms with Crippen LogP contribution in [0.4, 0.5) is 0 Å². The molecule has 2 aromatic carbocycles. The molecule has 2 heterocycles. The molecule has 0 saturated heterocycles. The Labute approximate surface area is 196 Å². The smallest absolute Gasteiger partial charge is 0.303 e. The molecule has 7 nitrogen and oxygen atoms in total. The molecule has 0 amide bonds. The number of esters is 1. The van der Waals surface area contributed by atoms with Gasteiger partial charge in [-0.15, -0.1) is 0 Å². The first-order valence-electron chi connectivity index (χ1n) is 11.0. The fourth-order valence-corrected chi connectivity index (χ4v) is 4.48. The summed E-state index contributed by atoms with van der Waals surface area (Å²) in [5.41, 5.74) is 2.99. The molecule has 0 fully saturated rings. The molecular formula is C27H28O7. The molecule has 3 aromatic rings. The Morgan fingerprint density at radius 2 is 1.94 bits per heavy atom. The summed E-state index contributed by atoms with van der Waals surface area (Å²) in [5.74, 6) is -0.646. The number of phenols is 1. The number of carbonyl (C=O) groups excluding carboxylic acids is 1. The van der Waals surface area contributed by atoms with Gasteiger partial charge in [0.1, 0.15) is 34.2 Å². The standard InChI is InChI=1S/C27H28O7/c1-12(2)17-11-32-25-14(5)9-20-22(23(25)27(17)33-15(6)28)24(31)21-18(29)8-7-16(26(21)34-20)10-19(30)13(3)4/h7-9,17,19,27,29-30H,1,3,10-11H2,2,4-6H3. The number of hydrogen-bond acceptors (Lipinski definition) is 7. The van der Waals surface area contributed by atoms with E-state index in [0.29, 0.717) is 28.0 Å². The van der Waals surface area contributed by atoms with Gasteiger partial charge in [-0.25, -0.2) is 0 Å². The SMILES string of the molecule is C=C(C)C(O)Cc1ccc(O)c2c(=O)c3c4c(c(C)cc3oc12)OCC(C(=C)C)C4OC(C)=O. The zero-order valence-corrected chi connectivity index (χ0v) is 19.7. The van der Waals surface area contributed by atoms with E-state index in [9.17, 15) is 19.8 Å². The molecule has 3 unspecified atom stereocenters. The summed E-state index contributed by atoms with van der Waals surface area (Å²) in [6, 6.07) is 4.72. The van der Waals surface area contributed by atoms with E-state index < -0.39 is 23.6 Å². The molecule has 34 heavy (non-hydrogen) atoms. The molecule has 1 aliphatic rings. The van der Waals surface area contributed by atoms with Crippen LogP contribution in [-0.4, -0.2) is 28.9 Å². The van der Waals surface area contributed by atoms with E-state index >= 15 is 0 Å². The molecule has 1 aromatic heterocycles. The van der Waals surface area contributed by atoms with Gasteiger partial charge in [0.2, 0.25) is 5.43 Å². The Hall–Kier alpha value is -3.58. The molecule has 0 bridgehead atoms. The lowest BCUT2D eigenvalue weighted by Gasteiger charge is -2.34. The normalized spacial score (nSPS) is 18.3. The van der Waals surface area contributed by atoms with Crippen molar-refractivity contribution in [1.82, 2.24) is 0 Å². The van der Waals surface area contributed by atoms with Crippen molar-refractivity contribution in [3.8, 4) is 11.5 Å². The molecule has 0 aliphatic carbocycles. The largest absolute Gasteiger partial charge is 0.507 e. The van der Waals surface area contributed by atoms with Gasteiger partial charge >= 0.3 is 5.97 Å². The summed E-state index contributed by atoms with van der Waals surface area (Å²) >= 11 is 0. The van der Waals surface area contributed by atoms with E-state index in [2.05, 4.69) is 13.2 Å². The van der Waals surface area contributed by atoms with Crippen molar-refractivity contribution in [2.75, 3.05) is 6.61 Å². The first kappa shape index (κ1) is 23.6. The van der Waals surface area contributed by atoms with Gasteiger partial charge in [-0.2, -0.15) is 0 Å². The lowest BCUT2D eigenvalue weighted by molar-refractivity contribution is -0.150. The van der Waals surface area contributed by atoms with Crippen LogP contribution in [0.15, 0.2) is 51.7 Å². The maximum absolute atomic E-state index is 13.9. The van der Waals surface area contributed by atoms with Gasteiger partial charge in [-0.3, -0.25) is 9.59 Å². The maximum Gasteiger partial charge on any atom is 0.303 e. The molecule has 7 heteroatoms. The predicted octanol–water partition coefficient (Wildman–Crippen LogP) is 4.63. The Morgan fingerprint density at radius 3 is 2.56 bits per heavy atom. The topological polar surface area (TPSA) is 106 Å². The van der Waals surface area contributed by atoms with Gasteiger partial charge in [-0.05, 0) is 44.0 Å². The van der Waals surface area contributed by atoms with Crippen molar-refractivity contribution in [1.29, 1.82) is 0 Å². The zero-order valence-electron chi connectivity index (χ0n) is 19.7. The van der Waals surface area contributed by atoms with E-state index in [1.165, 1.54) is 13.0 Å². The highest BCUT2D eigenvalue weighted by molar-refractivity contribution is 5.97. The molecule has 4 rings (SSSR count). The number of aliphatic hydroxyl groups is 1. The van der Waals surface area contributed by atoms with Gasteiger partial charge in [0.15, 0.2) is 0 Å². The van der Waals surface area contributed by atoms with Crippen molar-refractivity contribution in [3.63, 3.8) is 0 Å². The molecule has 0 saturated carbocycles. The van der Waals surface area contributed by atoms with Crippen LogP contribution in [0.3, 0.4) is 0 Å². The molecule has 178 valence electrons. The number of aryl methyl sites for hydroxylation is 1. The van der Waals surface area contributed by atoms with E-state index in [4.69, 9.17) is 13.9 Å². The summed E-state index contributed by atoms with van der Waals surface area (Å²) in [5, 5.41) is 21.1. The van der Waals surface area contributed by atoms with Gasteiger partial charge in [0, 0.05) is 13.3 Å². The minimum atomic E-state index is -0.836. The van der Waals surface area contributed by atoms with Crippen LogP contribution in [0.25, 0.3) is 21.9 Å². The first-order chi connectivity index (χ1) is 16.0. The molecular weight excluding hydrogens is 436 g/mol. The highest BCUT2D eigenvalue weighted by atomic mass is 16.6. The molecule has 3 atom stereocenters. The maximum atomic E-state index is 13.9. The summed E-state index contributed by atoms with van der Waals surface area (Å²) < 4.78 is 17.9. The lowest BCUT2D eigenvalue weighted by Crippen LogP contribution is -2.31. The summed E-state index contributed by atoms with van der Waals surface area (Å²) in [7, 11) is 0. The molecule has 1 aliphatic heterocycles. The molecule has 2 N–H and O–H groups in total. The minimum Gasteiger partial charge on any atom is -0.507 e. The molecule has 0 spiro atoms. The van der Waals surface area contributed by atoms with Gasteiger partial charge in [0.05, 0.1) is 29.6 Å². The lowest BCUT2D eigenvalue weighted by atomic mass is 9.85. The van der Waals surface area contributed by atoms with Crippen molar-refractivity contribution < 1.29 is 28.9 Å². The average molecular weight is 465 g/mol.